The molecule has 1 fully saturated rings. The van der Waals surface area contributed by atoms with E-state index in [9.17, 15) is 0 Å². The predicted octanol–water partition coefficient (Wildman–Crippen LogP) is 3.25. The Labute approximate surface area is 193 Å². The van der Waals surface area contributed by atoms with E-state index in [0.29, 0.717) is 5.92 Å². The van der Waals surface area contributed by atoms with Crippen LogP contribution in [-0.2, 0) is 20.6 Å². The molecule has 2 rings (SSSR count). The third-order valence-corrected chi connectivity index (χ3v) is 4.81. The van der Waals surface area contributed by atoms with Crippen molar-refractivity contribution in [2.45, 2.75) is 32.1 Å². The molecule has 1 saturated heterocycles. The molecule has 0 aromatic heterocycles. The van der Waals surface area contributed by atoms with Crippen molar-refractivity contribution in [1.82, 2.24) is 10.6 Å². The first-order chi connectivity index (χ1) is 13.9. The Morgan fingerprint density at radius 1 is 1.00 bits per heavy atom. The highest BCUT2D eigenvalue weighted by molar-refractivity contribution is 14.0. The molecule has 0 unspecified atom stereocenters. The van der Waals surface area contributed by atoms with Crippen LogP contribution in [0.5, 0.6) is 0 Å². The van der Waals surface area contributed by atoms with Gasteiger partial charge in [-0.1, -0.05) is 30.3 Å². The summed E-state index contributed by atoms with van der Waals surface area (Å²) >= 11 is 0. The second kappa shape index (κ2) is 17.9. The van der Waals surface area contributed by atoms with Crippen LogP contribution in [0.15, 0.2) is 35.3 Å². The van der Waals surface area contributed by atoms with Gasteiger partial charge in [0.15, 0.2) is 5.96 Å². The molecule has 0 bridgehead atoms. The quantitative estimate of drug-likeness (QED) is 0.181. The molecular weight excluding hydrogens is 481 g/mol. The van der Waals surface area contributed by atoms with E-state index in [-0.39, 0.29) is 24.0 Å². The number of halogens is 1. The number of hydrogen-bond acceptors (Lipinski definition) is 4. The van der Waals surface area contributed by atoms with Crippen molar-refractivity contribution < 1.29 is 14.2 Å². The summed E-state index contributed by atoms with van der Waals surface area (Å²) in [5.41, 5.74) is 1.32. The minimum absolute atomic E-state index is 0. The first kappa shape index (κ1) is 26.1. The lowest BCUT2D eigenvalue weighted by molar-refractivity contribution is 0.0203. The van der Waals surface area contributed by atoms with Crippen LogP contribution in [0.3, 0.4) is 0 Å². The van der Waals surface area contributed by atoms with E-state index in [1.54, 1.807) is 7.05 Å². The monoisotopic (exact) mass is 519 g/mol. The zero-order valence-corrected chi connectivity index (χ0v) is 20.1. The predicted molar refractivity (Wildman–Crippen MR) is 129 cm³/mol. The zero-order valence-electron chi connectivity index (χ0n) is 17.7. The molecule has 0 radical (unpaired) electrons. The highest BCUT2D eigenvalue weighted by Gasteiger charge is 2.13. The molecule has 7 heteroatoms. The Hall–Kier alpha value is -0.900. The number of aliphatic imine (C=N–C) groups is 1. The maximum absolute atomic E-state index is 5.78. The minimum atomic E-state index is 0. The molecule has 29 heavy (non-hydrogen) atoms. The van der Waals surface area contributed by atoms with E-state index in [0.717, 1.165) is 90.8 Å². The van der Waals surface area contributed by atoms with Crippen molar-refractivity contribution in [3.63, 3.8) is 0 Å². The van der Waals surface area contributed by atoms with E-state index in [2.05, 4.69) is 39.9 Å². The average Bonchev–Trinajstić information content (AvgIpc) is 2.75. The molecule has 6 nitrogen and oxygen atoms in total. The SMILES string of the molecule is CN=C(NCCCOCCc1ccccc1)NCCCOCC1CCOCC1.I. The lowest BCUT2D eigenvalue weighted by Crippen LogP contribution is -2.38. The van der Waals surface area contributed by atoms with Gasteiger partial charge in [0.2, 0.25) is 0 Å². The van der Waals surface area contributed by atoms with Crippen LogP contribution in [0, 0.1) is 5.92 Å². The van der Waals surface area contributed by atoms with Gasteiger partial charge < -0.3 is 24.8 Å². The molecule has 0 amide bonds. The topological polar surface area (TPSA) is 64.1 Å². The summed E-state index contributed by atoms with van der Waals surface area (Å²) in [5.74, 6) is 1.51. The third kappa shape index (κ3) is 13.1. The highest BCUT2D eigenvalue weighted by atomic mass is 127. The molecule has 1 aliphatic heterocycles. The number of nitrogens with one attached hydrogen (secondary N) is 2. The third-order valence-electron chi connectivity index (χ3n) is 4.81. The van der Waals surface area contributed by atoms with Crippen LogP contribution < -0.4 is 10.6 Å². The van der Waals surface area contributed by atoms with Gasteiger partial charge in [-0.05, 0) is 43.6 Å². The highest BCUT2D eigenvalue weighted by Crippen LogP contribution is 2.14. The molecular formula is C22H38IN3O3. The molecule has 1 heterocycles. The summed E-state index contributed by atoms with van der Waals surface area (Å²) < 4.78 is 16.9. The molecule has 1 aromatic carbocycles. The van der Waals surface area contributed by atoms with Gasteiger partial charge in [0.05, 0.1) is 6.61 Å². The van der Waals surface area contributed by atoms with Crippen molar-refractivity contribution in [2.75, 3.05) is 59.8 Å². The van der Waals surface area contributed by atoms with Crippen molar-refractivity contribution in [2.24, 2.45) is 10.9 Å². The average molecular weight is 519 g/mol. The maximum Gasteiger partial charge on any atom is 0.190 e. The van der Waals surface area contributed by atoms with Gasteiger partial charge >= 0.3 is 0 Å². The number of ether oxygens (including phenoxy) is 3. The Bertz CT molecular complexity index is 525. The maximum atomic E-state index is 5.78. The van der Waals surface area contributed by atoms with E-state index < -0.39 is 0 Å². The molecule has 1 aliphatic rings. The van der Waals surface area contributed by atoms with E-state index >= 15 is 0 Å². The Balaban J connectivity index is 0.00000420. The number of benzene rings is 1. The van der Waals surface area contributed by atoms with Gasteiger partial charge in [-0.3, -0.25) is 4.99 Å². The van der Waals surface area contributed by atoms with Crippen molar-refractivity contribution in [3.05, 3.63) is 35.9 Å². The van der Waals surface area contributed by atoms with E-state index in [4.69, 9.17) is 14.2 Å². The first-order valence-electron chi connectivity index (χ1n) is 10.6. The molecule has 0 aliphatic carbocycles. The lowest BCUT2D eigenvalue weighted by atomic mass is 10.0. The molecule has 166 valence electrons. The van der Waals surface area contributed by atoms with E-state index in [1.807, 2.05) is 6.07 Å². The van der Waals surface area contributed by atoms with Gasteiger partial charge in [0.1, 0.15) is 0 Å². The Morgan fingerprint density at radius 3 is 2.31 bits per heavy atom. The summed E-state index contributed by atoms with van der Waals surface area (Å²) in [4.78, 5) is 4.25. The van der Waals surface area contributed by atoms with Crippen molar-refractivity contribution in [1.29, 1.82) is 0 Å². The fourth-order valence-electron chi connectivity index (χ4n) is 3.08. The summed E-state index contributed by atoms with van der Waals surface area (Å²) in [5, 5.41) is 6.65. The van der Waals surface area contributed by atoms with Crippen LogP contribution in [0.4, 0.5) is 0 Å². The smallest absolute Gasteiger partial charge is 0.190 e. The fraction of sp³-hybridized carbons (Fsp3) is 0.682. The standard InChI is InChI=1S/C22H37N3O3.HI/c1-23-22(25-13-6-15-28-19-21-10-17-27-18-11-21)24-12-5-14-26-16-9-20-7-3-2-4-8-20;/h2-4,7-8,21H,5-6,9-19H2,1H3,(H2,23,24,25);1H. The van der Waals surface area contributed by atoms with Gasteiger partial charge in [0.25, 0.3) is 0 Å². The Kier molecular flexibility index (Phi) is 16.1. The Morgan fingerprint density at radius 2 is 1.66 bits per heavy atom. The molecule has 1 aromatic rings. The van der Waals surface area contributed by atoms with Crippen LogP contribution >= 0.6 is 24.0 Å². The van der Waals surface area contributed by atoms with Gasteiger partial charge in [0, 0.05) is 53.2 Å². The number of nitrogens with zero attached hydrogens (tertiary/aromatic N) is 1. The molecule has 0 atom stereocenters. The fourth-order valence-corrected chi connectivity index (χ4v) is 3.08. The molecule has 0 spiro atoms. The zero-order chi connectivity index (χ0) is 19.7. The minimum Gasteiger partial charge on any atom is -0.381 e. The summed E-state index contributed by atoms with van der Waals surface area (Å²) in [7, 11) is 1.80. The summed E-state index contributed by atoms with van der Waals surface area (Å²) in [6.07, 6.45) is 5.17. The largest absolute Gasteiger partial charge is 0.381 e. The second-order valence-electron chi connectivity index (χ2n) is 7.11. The van der Waals surface area contributed by atoms with Crippen molar-refractivity contribution in [3.8, 4) is 0 Å². The van der Waals surface area contributed by atoms with Gasteiger partial charge in [-0.2, -0.15) is 0 Å². The van der Waals surface area contributed by atoms with Crippen LogP contribution in [0.1, 0.15) is 31.2 Å². The lowest BCUT2D eigenvalue weighted by Gasteiger charge is -2.21. The normalized spacial score (nSPS) is 15.0. The first-order valence-corrected chi connectivity index (χ1v) is 10.6. The van der Waals surface area contributed by atoms with Crippen molar-refractivity contribution >= 4 is 29.9 Å². The van der Waals surface area contributed by atoms with Gasteiger partial charge in [-0.25, -0.2) is 0 Å². The van der Waals surface area contributed by atoms with Gasteiger partial charge in [-0.15, -0.1) is 24.0 Å². The summed E-state index contributed by atoms with van der Waals surface area (Å²) in [6.45, 7) is 6.66. The molecule has 2 N–H and O–H groups in total. The summed E-state index contributed by atoms with van der Waals surface area (Å²) in [6, 6.07) is 10.4. The van der Waals surface area contributed by atoms with Crippen LogP contribution in [0.2, 0.25) is 0 Å². The van der Waals surface area contributed by atoms with Crippen LogP contribution in [-0.4, -0.2) is 65.7 Å². The number of guanidine groups is 1. The second-order valence-corrected chi connectivity index (χ2v) is 7.11. The molecule has 0 saturated carbocycles. The van der Waals surface area contributed by atoms with E-state index in [1.165, 1.54) is 5.56 Å². The number of rotatable bonds is 13. The van der Waals surface area contributed by atoms with Crippen LogP contribution in [0.25, 0.3) is 0 Å². The number of hydrogen-bond donors (Lipinski definition) is 2.